The van der Waals surface area contributed by atoms with E-state index in [0.717, 1.165) is 12.8 Å². The Kier molecular flexibility index (Phi) is 8.60. The number of ether oxygens (including phenoxy) is 2. The van der Waals surface area contributed by atoms with Crippen LogP contribution in [0.15, 0.2) is 0 Å². The van der Waals surface area contributed by atoms with Crippen LogP contribution in [0.5, 0.6) is 0 Å². The van der Waals surface area contributed by atoms with Crippen LogP contribution < -0.4 is 5.73 Å². The van der Waals surface area contributed by atoms with E-state index in [2.05, 4.69) is 6.92 Å². The van der Waals surface area contributed by atoms with Crippen molar-refractivity contribution >= 4 is 0 Å². The van der Waals surface area contributed by atoms with Crippen LogP contribution in [0.2, 0.25) is 0 Å². The topological polar surface area (TPSA) is 105 Å². The molecular formula is C14H29NO5. The number of hydrogen-bond donors (Lipinski definition) is 4. The molecular weight excluding hydrogens is 262 g/mol. The molecule has 0 bridgehead atoms. The van der Waals surface area contributed by atoms with Crippen LogP contribution in [0.25, 0.3) is 0 Å². The third kappa shape index (κ3) is 5.27. The molecule has 1 aliphatic rings. The lowest BCUT2D eigenvalue weighted by Gasteiger charge is -2.40. The van der Waals surface area contributed by atoms with E-state index < -0.39 is 30.6 Å². The second kappa shape index (κ2) is 9.65. The van der Waals surface area contributed by atoms with Gasteiger partial charge in [0.05, 0.1) is 12.6 Å². The standard InChI is InChI=1S/C14H29NO5/c1-2-3-4-5-6-7-8-19-14-11(15)13(18)12(17)10(9-16)20-14/h10-14,16-18H,2-9,15H2,1H3/t10-,11+,12-,13-,14+/m1/s1. The molecule has 1 rings (SSSR count). The van der Waals surface area contributed by atoms with Gasteiger partial charge in [-0.1, -0.05) is 39.0 Å². The second-order valence-electron chi connectivity index (χ2n) is 5.42. The first-order valence-corrected chi connectivity index (χ1v) is 7.61. The predicted octanol–water partition coefficient (Wildman–Crippen LogP) is 0.130. The maximum Gasteiger partial charge on any atom is 0.175 e. The largest absolute Gasteiger partial charge is 0.394 e. The van der Waals surface area contributed by atoms with E-state index >= 15 is 0 Å². The van der Waals surface area contributed by atoms with E-state index in [0.29, 0.717) is 6.61 Å². The zero-order valence-corrected chi connectivity index (χ0v) is 12.3. The molecule has 0 radical (unpaired) electrons. The second-order valence-corrected chi connectivity index (χ2v) is 5.42. The summed E-state index contributed by atoms with van der Waals surface area (Å²) in [6.07, 6.45) is 2.99. The molecule has 20 heavy (non-hydrogen) atoms. The molecule has 6 heteroatoms. The van der Waals surface area contributed by atoms with Crippen LogP contribution >= 0.6 is 0 Å². The van der Waals surface area contributed by atoms with Crippen LogP contribution in [0.4, 0.5) is 0 Å². The summed E-state index contributed by atoms with van der Waals surface area (Å²) in [5.74, 6) is 0. The summed E-state index contributed by atoms with van der Waals surface area (Å²) in [5.41, 5.74) is 5.77. The van der Waals surface area contributed by atoms with E-state index in [1.54, 1.807) is 0 Å². The van der Waals surface area contributed by atoms with Crippen LogP contribution in [0.3, 0.4) is 0 Å². The third-order valence-corrected chi connectivity index (χ3v) is 3.71. The highest BCUT2D eigenvalue weighted by molar-refractivity contribution is 4.91. The van der Waals surface area contributed by atoms with Crippen molar-refractivity contribution in [1.29, 1.82) is 0 Å². The van der Waals surface area contributed by atoms with Crippen molar-refractivity contribution in [1.82, 2.24) is 0 Å². The summed E-state index contributed by atoms with van der Waals surface area (Å²) in [5, 5.41) is 28.5. The van der Waals surface area contributed by atoms with Crippen molar-refractivity contribution in [2.75, 3.05) is 13.2 Å². The molecule has 0 aliphatic carbocycles. The average Bonchev–Trinajstić information content (AvgIpc) is 2.46. The molecule has 0 saturated carbocycles. The van der Waals surface area contributed by atoms with Crippen molar-refractivity contribution in [2.45, 2.75) is 76.1 Å². The lowest BCUT2D eigenvalue weighted by molar-refractivity contribution is -0.265. The highest BCUT2D eigenvalue weighted by atomic mass is 16.7. The van der Waals surface area contributed by atoms with Gasteiger partial charge in [0.1, 0.15) is 18.3 Å². The van der Waals surface area contributed by atoms with Gasteiger partial charge in [-0.15, -0.1) is 0 Å². The minimum atomic E-state index is -1.18. The molecule has 1 aliphatic heterocycles. The van der Waals surface area contributed by atoms with Crippen molar-refractivity contribution in [3.8, 4) is 0 Å². The van der Waals surface area contributed by atoms with Crippen molar-refractivity contribution in [2.24, 2.45) is 5.73 Å². The fraction of sp³-hybridized carbons (Fsp3) is 1.00. The molecule has 0 spiro atoms. The Morgan fingerprint density at radius 3 is 2.35 bits per heavy atom. The molecule has 0 aromatic carbocycles. The summed E-state index contributed by atoms with van der Waals surface area (Å²) in [4.78, 5) is 0. The number of aliphatic hydroxyl groups is 3. The van der Waals surface area contributed by atoms with E-state index in [1.165, 1.54) is 25.7 Å². The van der Waals surface area contributed by atoms with Gasteiger partial charge in [0.15, 0.2) is 6.29 Å². The van der Waals surface area contributed by atoms with E-state index in [-0.39, 0.29) is 6.61 Å². The van der Waals surface area contributed by atoms with E-state index in [1.807, 2.05) is 0 Å². The first-order valence-electron chi connectivity index (χ1n) is 7.61. The normalized spacial score (nSPS) is 34.4. The minimum absolute atomic E-state index is 0.373. The first kappa shape index (κ1) is 17.8. The Morgan fingerprint density at radius 1 is 1.05 bits per heavy atom. The molecule has 0 unspecified atom stereocenters. The fourth-order valence-corrected chi connectivity index (χ4v) is 2.34. The van der Waals surface area contributed by atoms with Gasteiger partial charge in [0.2, 0.25) is 0 Å². The lowest BCUT2D eigenvalue weighted by atomic mass is 9.98. The van der Waals surface area contributed by atoms with E-state index in [9.17, 15) is 10.2 Å². The Morgan fingerprint density at radius 2 is 1.70 bits per heavy atom. The fourth-order valence-electron chi connectivity index (χ4n) is 2.34. The van der Waals surface area contributed by atoms with Gasteiger partial charge >= 0.3 is 0 Å². The molecule has 1 saturated heterocycles. The van der Waals surface area contributed by atoms with Crippen molar-refractivity contribution < 1.29 is 24.8 Å². The summed E-state index contributed by atoms with van der Waals surface area (Å²) in [6.45, 7) is 2.31. The molecule has 1 heterocycles. The van der Waals surface area contributed by atoms with Crippen molar-refractivity contribution in [3.63, 3.8) is 0 Å². The maximum atomic E-state index is 9.77. The molecule has 120 valence electrons. The minimum Gasteiger partial charge on any atom is -0.394 e. The van der Waals surface area contributed by atoms with Gasteiger partial charge in [0.25, 0.3) is 0 Å². The quantitative estimate of drug-likeness (QED) is 0.450. The van der Waals surface area contributed by atoms with Gasteiger partial charge < -0.3 is 30.5 Å². The van der Waals surface area contributed by atoms with Crippen LogP contribution in [0, 0.1) is 0 Å². The average molecular weight is 291 g/mol. The Balaban J connectivity index is 2.21. The molecule has 0 aromatic heterocycles. The summed E-state index contributed by atoms with van der Waals surface area (Å²) in [6, 6.07) is -0.798. The zero-order valence-electron chi connectivity index (χ0n) is 12.3. The molecule has 0 amide bonds. The van der Waals surface area contributed by atoms with Crippen LogP contribution in [-0.2, 0) is 9.47 Å². The molecule has 6 nitrogen and oxygen atoms in total. The Hall–Kier alpha value is -0.240. The number of aliphatic hydroxyl groups excluding tert-OH is 3. The smallest absolute Gasteiger partial charge is 0.175 e. The third-order valence-electron chi connectivity index (χ3n) is 3.71. The molecule has 5 N–H and O–H groups in total. The van der Waals surface area contributed by atoms with Crippen LogP contribution in [-0.4, -0.2) is 59.2 Å². The molecule has 0 aromatic rings. The number of unbranched alkanes of at least 4 members (excludes halogenated alkanes) is 5. The Bertz CT molecular complexity index is 252. The first-order chi connectivity index (χ1) is 9.61. The summed E-state index contributed by atoms with van der Waals surface area (Å²) in [7, 11) is 0. The zero-order chi connectivity index (χ0) is 15.0. The van der Waals surface area contributed by atoms with Gasteiger partial charge in [-0.05, 0) is 6.42 Å². The lowest BCUT2D eigenvalue weighted by Crippen LogP contribution is -2.62. The predicted molar refractivity (Wildman–Crippen MR) is 75.1 cm³/mol. The maximum absolute atomic E-state index is 9.77. The monoisotopic (exact) mass is 291 g/mol. The highest BCUT2D eigenvalue weighted by Crippen LogP contribution is 2.21. The van der Waals surface area contributed by atoms with E-state index in [4.69, 9.17) is 20.3 Å². The van der Waals surface area contributed by atoms with Gasteiger partial charge in [-0.25, -0.2) is 0 Å². The van der Waals surface area contributed by atoms with Crippen molar-refractivity contribution in [3.05, 3.63) is 0 Å². The van der Waals surface area contributed by atoms with Gasteiger partial charge in [-0.2, -0.15) is 0 Å². The number of nitrogens with two attached hydrogens (primary N) is 1. The number of hydrogen-bond acceptors (Lipinski definition) is 6. The highest BCUT2D eigenvalue weighted by Gasteiger charge is 2.42. The molecule has 5 atom stereocenters. The number of rotatable bonds is 9. The van der Waals surface area contributed by atoms with Gasteiger partial charge in [-0.3, -0.25) is 0 Å². The summed E-state index contributed by atoms with van der Waals surface area (Å²) < 4.78 is 10.9. The SMILES string of the molecule is CCCCCCCCO[C@H]1O[C@H](CO)[C@@H](O)[C@H](O)[C@@H]1N. The van der Waals surface area contributed by atoms with Crippen LogP contribution in [0.1, 0.15) is 45.4 Å². The Labute approximate surface area is 120 Å². The molecule has 1 fully saturated rings. The summed E-state index contributed by atoms with van der Waals surface area (Å²) >= 11 is 0. The van der Waals surface area contributed by atoms with Gasteiger partial charge in [0, 0.05) is 6.61 Å².